The number of likely N-dealkylation sites (N-methyl/N-ethyl adjacent to an activating group) is 1. The second-order valence-corrected chi connectivity index (χ2v) is 11.7. The van der Waals surface area contributed by atoms with E-state index in [1.807, 2.05) is 0 Å². The predicted octanol–water partition coefficient (Wildman–Crippen LogP) is -2.13. The first-order valence-electron chi connectivity index (χ1n) is 14.3. The first-order chi connectivity index (χ1) is 20.5. The number of rotatable bonds is 13. The van der Waals surface area contributed by atoms with Crippen molar-refractivity contribution in [1.29, 1.82) is 0 Å². The number of benzene rings is 2. The van der Waals surface area contributed by atoms with E-state index in [0.717, 1.165) is 20.6 Å². The molecule has 1 saturated heterocycles. The fourth-order valence-electron chi connectivity index (χ4n) is 5.48. The zero-order valence-corrected chi connectivity index (χ0v) is 25.9. The van der Waals surface area contributed by atoms with Crippen molar-refractivity contribution in [2.75, 3.05) is 25.5 Å². The van der Waals surface area contributed by atoms with Gasteiger partial charge in [-0.05, 0) is 44.0 Å². The molecule has 1 fully saturated rings. The number of carbonyl (C=O) groups is 3. The largest absolute Gasteiger partial charge is 0.394 e. The van der Waals surface area contributed by atoms with Crippen molar-refractivity contribution >= 4 is 40.0 Å². The van der Waals surface area contributed by atoms with E-state index in [1.54, 1.807) is 39.0 Å². The number of hydrogen-bond acceptors (Lipinski definition) is 10. The molecule has 5 atom stereocenters. The van der Waals surface area contributed by atoms with Gasteiger partial charge in [0.25, 0.3) is 5.91 Å². The maximum Gasteiger partial charge on any atom is 0.256 e. The lowest BCUT2D eigenvalue weighted by Gasteiger charge is -2.44. The number of amides is 2. The summed E-state index contributed by atoms with van der Waals surface area (Å²) in [6, 6.07) is 7.83. The highest BCUT2D eigenvalue weighted by atomic mass is 19.1. The van der Waals surface area contributed by atoms with Crippen LogP contribution in [0, 0.1) is 12.7 Å². The molecule has 5 unspecified atom stereocenters. The van der Waals surface area contributed by atoms with E-state index in [9.17, 15) is 34.8 Å². The number of morpholine rings is 1. The number of anilines is 1. The molecular weight excluding hydrogens is 573 g/mol. The molecule has 6 N–H and O–H groups in total. The minimum atomic E-state index is -2.58. The number of carbonyl (C=O) groups excluding carboxylic acids is 3. The lowest BCUT2D eigenvalue weighted by Crippen LogP contribution is -2.70. The summed E-state index contributed by atoms with van der Waals surface area (Å²) in [5.74, 6) is -4.21. The second kappa shape index (κ2) is 13.8. The van der Waals surface area contributed by atoms with Gasteiger partial charge in [-0.1, -0.05) is 24.3 Å². The molecule has 1 aliphatic heterocycles. The smallest absolute Gasteiger partial charge is 0.256 e. The van der Waals surface area contributed by atoms with E-state index >= 15 is 4.39 Å². The number of aliphatic hydroxyl groups is 4. The fraction of sp³-hybridized carbons (Fsp3) is 0.483. The molecule has 3 rings (SSSR count). The number of nitrogens with zero attached hydrogens (tertiary/aromatic N) is 2. The summed E-state index contributed by atoms with van der Waals surface area (Å²) in [6.07, 6.45) is -0.132. The van der Waals surface area contributed by atoms with E-state index in [4.69, 9.17) is 4.74 Å². The van der Waals surface area contributed by atoms with Crippen molar-refractivity contribution < 1.29 is 43.9 Å². The van der Waals surface area contributed by atoms with Gasteiger partial charge in [-0.2, -0.15) is 0 Å². The zero-order valence-electron chi connectivity index (χ0n) is 25.9. The van der Waals surface area contributed by atoms with Crippen LogP contribution in [-0.2, 0) is 38.1 Å². The molecular formula is C29H41B2FN4O8. The average molecular weight is 614 g/mol. The van der Waals surface area contributed by atoms with E-state index < -0.39 is 34.7 Å². The first kappa shape index (κ1) is 35.2. The van der Waals surface area contributed by atoms with Gasteiger partial charge in [-0.15, -0.1) is 0 Å². The summed E-state index contributed by atoms with van der Waals surface area (Å²) in [5, 5.41) is 49.3. The Morgan fingerprint density at radius 3 is 2.32 bits per heavy atom. The maximum atomic E-state index is 15.8. The van der Waals surface area contributed by atoms with Crippen molar-refractivity contribution in [3.05, 3.63) is 64.5 Å². The summed E-state index contributed by atoms with van der Waals surface area (Å²) in [6.45, 7) is 5.41. The van der Waals surface area contributed by atoms with Gasteiger partial charge >= 0.3 is 0 Å². The van der Waals surface area contributed by atoms with Crippen LogP contribution in [0.2, 0.25) is 0 Å². The summed E-state index contributed by atoms with van der Waals surface area (Å²) in [7, 11) is 3.42. The third kappa shape index (κ3) is 7.14. The molecule has 1 aliphatic rings. The minimum Gasteiger partial charge on any atom is -0.394 e. The number of halogens is 1. The molecule has 0 aliphatic carbocycles. The molecule has 15 heteroatoms. The molecule has 0 saturated carbocycles. The predicted molar refractivity (Wildman–Crippen MR) is 165 cm³/mol. The highest BCUT2D eigenvalue weighted by molar-refractivity contribution is 6.33. The first-order valence-corrected chi connectivity index (χ1v) is 14.3. The van der Waals surface area contributed by atoms with Gasteiger partial charge in [0.1, 0.15) is 31.5 Å². The van der Waals surface area contributed by atoms with Crippen molar-refractivity contribution in [1.82, 2.24) is 15.1 Å². The van der Waals surface area contributed by atoms with Crippen LogP contribution >= 0.6 is 0 Å². The van der Waals surface area contributed by atoms with Gasteiger partial charge in [0.05, 0.1) is 23.3 Å². The monoisotopic (exact) mass is 614 g/mol. The molecule has 12 nitrogen and oxygen atoms in total. The summed E-state index contributed by atoms with van der Waals surface area (Å²) >= 11 is 0. The lowest BCUT2D eigenvalue weighted by atomic mass is 9.55. The molecule has 0 aromatic heterocycles. The Kier molecular flexibility index (Phi) is 11.0. The van der Waals surface area contributed by atoms with Crippen molar-refractivity contribution in [2.24, 2.45) is 0 Å². The van der Waals surface area contributed by atoms with Crippen molar-refractivity contribution in [2.45, 2.75) is 69.0 Å². The quantitative estimate of drug-likeness (QED) is 0.0832. The van der Waals surface area contributed by atoms with Crippen LogP contribution in [-0.4, -0.2) is 114 Å². The Morgan fingerprint density at radius 2 is 1.75 bits per heavy atom. The van der Waals surface area contributed by atoms with Crippen molar-refractivity contribution in [3.63, 3.8) is 0 Å². The standard InChI is InChI=1S/C29H41B2FN4O8/c1-17-7-5-10-23(21(17)14-35(16-38)25(26(39)33-4)28(31,41)27(30,40)15-37)34-11-20-8-6-9-22(24(20)32)29(42,43)36-12-18(2)44-19(3)13-36/h5-10,15-16,18-19,25,34,40-43H,11-14,30-31H2,1-4H3,(H,33,39). The molecule has 238 valence electrons. The zero-order chi connectivity index (χ0) is 33.0. The maximum absolute atomic E-state index is 15.8. The Morgan fingerprint density at radius 1 is 1.14 bits per heavy atom. The number of aryl methyl sites for hydroxylation is 1. The molecule has 0 spiro atoms. The normalized spacial score (nSPS) is 20.9. The molecule has 0 radical (unpaired) electrons. The number of nitrogens with one attached hydrogen (secondary N) is 2. The van der Waals surface area contributed by atoms with Gasteiger partial charge in [0, 0.05) is 44.5 Å². The summed E-state index contributed by atoms with van der Waals surface area (Å²) in [5.41, 5.74) is -3.27. The van der Waals surface area contributed by atoms with E-state index in [-0.39, 0.29) is 55.8 Å². The third-order valence-electron chi connectivity index (χ3n) is 8.27. The van der Waals surface area contributed by atoms with E-state index in [1.165, 1.54) is 30.1 Å². The van der Waals surface area contributed by atoms with Gasteiger partial charge in [-0.25, -0.2) is 9.29 Å². The van der Waals surface area contributed by atoms with E-state index in [2.05, 4.69) is 10.6 Å². The highest BCUT2D eigenvalue weighted by Gasteiger charge is 2.52. The van der Waals surface area contributed by atoms with Gasteiger partial charge in [0.2, 0.25) is 12.3 Å². The minimum absolute atomic E-state index is 0.0837. The Balaban J connectivity index is 1.92. The molecule has 0 bridgehead atoms. The second-order valence-electron chi connectivity index (χ2n) is 11.7. The third-order valence-corrected chi connectivity index (χ3v) is 8.27. The Hall–Kier alpha value is -3.33. The SMILES string of the molecule is BC(O)(C=O)C(B)(O)C(C(=O)NC)N(C=O)Cc1c(C)cccc1NCc1cccc(C(O)(O)N2CC(C)OC(C)C2)c1F. The lowest BCUT2D eigenvalue weighted by molar-refractivity contribution is -0.300. The Bertz CT molecular complexity index is 1350. The van der Waals surface area contributed by atoms with E-state index in [0.29, 0.717) is 23.2 Å². The van der Waals surface area contributed by atoms with Crippen LogP contribution in [0.5, 0.6) is 0 Å². The fourth-order valence-corrected chi connectivity index (χ4v) is 5.48. The number of aldehydes is 1. The van der Waals surface area contributed by atoms with Crippen LogP contribution in [0.1, 0.15) is 36.1 Å². The van der Waals surface area contributed by atoms with Crippen molar-refractivity contribution in [3.8, 4) is 0 Å². The van der Waals surface area contributed by atoms with Gasteiger partial charge in [-0.3, -0.25) is 9.59 Å². The topological polar surface area (TPSA) is 172 Å². The van der Waals surface area contributed by atoms with Crippen LogP contribution < -0.4 is 10.6 Å². The Labute approximate surface area is 258 Å². The van der Waals surface area contributed by atoms with Crippen LogP contribution in [0.15, 0.2) is 36.4 Å². The van der Waals surface area contributed by atoms with Crippen LogP contribution in [0.3, 0.4) is 0 Å². The molecule has 1 heterocycles. The molecule has 2 aromatic rings. The highest BCUT2D eigenvalue weighted by Crippen LogP contribution is 2.31. The van der Waals surface area contributed by atoms with Crippen LogP contribution in [0.25, 0.3) is 0 Å². The molecule has 44 heavy (non-hydrogen) atoms. The number of ether oxygens (including phenoxy) is 1. The van der Waals surface area contributed by atoms with Gasteiger partial charge in [0.15, 0.2) is 7.85 Å². The van der Waals surface area contributed by atoms with Crippen LogP contribution in [0.4, 0.5) is 10.1 Å². The molecule has 2 amide bonds. The number of hydrogen-bond donors (Lipinski definition) is 6. The summed E-state index contributed by atoms with van der Waals surface area (Å²) in [4.78, 5) is 39.1. The molecule has 2 aromatic carbocycles. The average Bonchev–Trinajstić information content (AvgIpc) is 2.96. The summed E-state index contributed by atoms with van der Waals surface area (Å²) < 4.78 is 21.4. The van der Waals surface area contributed by atoms with Gasteiger partial charge < -0.3 is 45.5 Å².